The van der Waals surface area contributed by atoms with Crippen LogP contribution in [0.4, 0.5) is 4.79 Å². The highest BCUT2D eigenvalue weighted by atomic mass is 16.6. The van der Waals surface area contributed by atoms with E-state index in [1.54, 1.807) is 29.0 Å². The number of likely N-dealkylation sites (tertiary alicyclic amines) is 1. The predicted molar refractivity (Wildman–Crippen MR) is 95.3 cm³/mol. The van der Waals surface area contributed by atoms with Gasteiger partial charge in [0.1, 0.15) is 11.5 Å². The van der Waals surface area contributed by atoms with Crippen molar-refractivity contribution in [3.8, 4) is 11.5 Å². The van der Waals surface area contributed by atoms with E-state index >= 15 is 0 Å². The number of likely N-dealkylation sites (N-methyl/N-ethyl adjacent to an activating group) is 1. The molecule has 2 aromatic carbocycles. The van der Waals surface area contributed by atoms with Crippen LogP contribution in [0, 0.1) is 0 Å². The maximum absolute atomic E-state index is 13.1. The molecule has 0 aromatic heterocycles. The summed E-state index contributed by atoms with van der Waals surface area (Å²) in [5, 5.41) is 0. The number of benzene rings is 2. The molecule has 2 amide bonds. The summed E-state index contributed by atoms with van der Waals surface area (Å²) in [6.45, 7) is 1.47. The molecule has 0 N–H and O–H groups in total. The molecule has 1 unspecified atom stereocenters. The van der Waals surface area contributed by atoms with Crippen molar-refractivity contribution in [2.45, 2.75) is 12.0 Å². The van der Waals surface area contributed by atoms with E-state index in [0.717, 1.165) is 0 Å². The molecule has 2 fully saturated rings. The van der Waals surface area contributed by atoms with Gasteiger partial charge in [-0.05, 0) is 24.3 Å². The van der Waals surface area contributed by atoms with Crippen LogP contribution in [0.3, 0.4) is 0 Å². The highest BCUT2D eigenvalue weighted by Gasteiger charge is 2.49. The van der Waals surface area contributed by atoms with Gasteiger partial charge in [0.05, 0.1) is 18.7 Å². The van der Waals surface area contributed by atoms with Crippen LogP contribution in [-0.2, 0) is 4.74 Å². The third-order valence-electron chi connectivity index (χ3n) is 4.83. The fourth-order valence-corrected chi connectivity index (χ4v) is 3.54. The molecule has 26 heavy (non-hydrogen) atoms. The van der Waals surface area contributed by atoms with Crippen LogP contribution in [0.1, 0.15) is 16.8 Å². The highest BCUT2D eigenvalue weighted by molar-refractivity contribution is 5.97. The lowest BCUT2D eigenvalue weighted by Crippen LogP contribution is -2.39. The average Bonchev–Trinajstić information content (AvgIpc) is 3.18. The van der Waals surface area contributed by atoms with Gasteiger partial charge in [0.15, 0.2) is 5.60 Å². The van der Waals surface area contributed by atoms with Crippen LogP contribution in [-0.4, -0.2) is 54.1 Å². The summed E-state index contributed by atoms with van der Waals surface area (Å²) in [6, 6.07) is 16.6. The Hall–Kier alpha value is -3.02. The summed E-state index contributed by atoms with van der Waals surface area (Å²) in [5.41, 5.74) is -0.0810. The Bertz CT molecular complexity index is 839. The summed E-state index contributed by atoms with van der Waals surface area (Å²) in [7, 11) is 1.71. The van der Waals surface area contributed by atoms with Gasteiger partial charge >= 0.3 is 6.09 Å². The lowest BCUT2D eigenvalue weighted by Gasteiger charge is -2.22. The molecule has 2 aliphatic rings. The van der Waals surface area contributed by atoms with Gasteiger partial charge in [-0.2, -0.15) is 0 Å². The van der Waals surface area contributed by atoms with Crippen LogP contribution in [0.25, 0.3) is 0 Å². The molecule has 6 nitrogen and oxygen atoms in total. The summed E-state index contributed by atoms with van der Waals surface area (Å²) >= 11 is 0. The predicted octanol–water partition coefficient (Wildman–Crippen LogP) is 3.15. The van der Waals surface area contributed by atoms with Crippen molar-refractivity contribution in [3.63, 3.8) is 0 Å². The van der Waals surface area contributed by atoms with Gasteiger partial charge in [-0.15, -0.1) is 0 Å². The Morgan fingerprint density at radius 1 is 1.08 bits per heavy atom. The Morgan fingerprint density at radius 3 is 2.54 bits per heavy atom. The van der Waals surface area contributed by atoms with E-state index < -0.39 is 5.60 Å². The minimum atomic E-state index is -0.587. The van der Waals surface area contributed by atoms with E-state index in [2.05, 4.69) is 0 Å². The maximum Gasteiger partial charge on any atom is 0.410 e. The van der Waals surface area contributed by atoms with E-state index in [1.165, 1.54) is 0 Å². The van der Waals surface area contributed by atoms with Crippen molar-refractivity contribution in [1.29, 1.82) is 0 Å². The second kappa shape index (κ2) is 6.37. The van der Waals surface area contributed by atoms with Crippen molar-refractivity contribution < 1.29 is 19.1 Å². The van der Waals surface area contributed by atoms with E-state index in [9.17, 15) is 9.59 Å². The van der Waals surface area contributed by atoms with Crippen molar-refractivity contribution in [2.24, 2.45) is 0 Å². The summed E-state index contributed by atoms with van der Waals surface area (Å²) in [6.07, 6.45) is 0.323. The number of hydrogen-bond acceptors (Lipinski definition) is 4. The number of amides is 2. The van der Waals surface area contributed by atoms with Crippen LogP contribution in [0.5, 0.6) is 11.5 Å². The van der Waals surface area contributed by atoms with Gasteiger partial charge in [-0.3, -0.25) is 4.79 Å². The Morgan fingerprint density at radius 2 is 1.81 bits per heavy atom. The smallest absolute Gasteiger partial charge is 0.410 e. The maximum atomic E-state index is 13.1. The van der Waals surface area contributed by atoms with Crippen molar-refractivity contribution in [1.82, 2.24) is 9.80 Å². The second-order valence-corrected chi connectivity index (χ2v) is 6.80. The number of carbonyl (C=O) groups excluding carboxylic acids is 2. The fourth-order valence-electron chi connectivity index (χ4n) is 3.54. The molecular formula is C20H20N2O4. The molecule has 0 aliphatic carbocycles. The molecule has 1 atom stereocenters. The molecule has 4 rings (SSSR count). The number of rotatable bonds is 3. The Labute approximate surface area is 151 Å². The molecule has 0 bridgehead atoms. The normalized spacial score (nSPS) is 22.0. The number of carbonyl (C=O) groups is 2. The molecule has 2 heterocycles. The van der Waals surface area contributed by atoms with E-state index in [1.807, 2.05) is 42.5 Å². The lowest BCUT2D eigenvalue weighted by atomic mass is 10.0. The zero-order chi connectivity index (χ0) is 18.1. The van der Waals surface area contributed by atoms with Crippen molar-refractivity contribution in [3.05, 3.63) is 60.2 Å². The minimum absolute atomic E-state index is 0.112. The Kier molecular flexibility index (Phi) is 4.03. The fraction of sp³-hybridized carbons (Fsp3) is 0.300. The number of para-hydroxylation sites is 2. The van der Waals surface area contributed by atoms with E-state index in [-0.39, 0.29) is 12.0 Å². The average molecular weight is 352 g/mol. The largest absolute Gasteiger partial charge is 0.457 e. The highest BCUT2D eigenvalue weighted by Crippen LogP contribution is 2.34. The first-order valence-corrected chi connectivity index (χ1v) is 8.62. The molecule has 2 saturated heterocycles. The number of ether oxygens (including phenoxy) is 2. The van der Waals surface area contributed by atoms with Crippen LogP contribution < -0.4 is 4.74 Å². The first-order valence-electron chi connectivity index (χ1n) is 8.62. The van der Waals surface area contributed by atoms with Gasteiger partial charge in [0, 0.05) is 20.0 Å². The molecular weight excluding hydrogens is 332 g/mol. The topological polar surface area (TPSA) is 59.1 Å². The molecule has 0 radical (unpaired) electrons. The molecule has 2 aliphatic heterocycles. The van der Waals surface area contributed by atoms with Gasteiger partial charge in [-0.1, -0.05) is 30.3 Å². The van der Waals surface area contributed by atoms with Gasteiger partial charge in [0.2, 0.25) is 0 Å². The van der Waals surface area contributed by atoms with E-state index in [0.29, 0.717) is 43.1 Å². The quantitative estimate of drug-likeness (QED) is 0.851. The molecule has 0 saturated carbocycles. The summed E-state index contributed by atoms with van der Waals surface area (Å²) < 4.78 is 11.4. The first kappa shape index (κ1) is 16.4. The Balaban J connectivity index is 1.53. The van der Waals surface area contributed by atoms with Crippen LogP contribution in [0.2, 0.25) is 0 Å². The lowest BCUT2D eigenvalue weighted by molar-refractivity contribution is 0.0552. The molecule has 6 heteroatoms. The first-order chi connectivity index (χ1) is 12.6. The van der Waals surface area contributed by atoms with E-state index in [4.69, 9.17) is 9.47 Å². The van der Waals surface area contributed by atoms with Gasteiger partial charge in [-0.25, -0.2) is 4.79 Å². The van der Waals surface area contributed by atoms with Crippen LogP contribution in [0.15, 0.2) is 54.6 Å². The van der Waals surface area contributed by atoms with Crippen LogP contribution >= 0.6 is 0 Å². The van der Waals surface area contributed by atoms with Gasteiger partial charge < -0.3 is 19.3 Å². The SMILES string of the molecule is CN1CC2(CCN(C(=O)c3ccccc3Oc3ccccc3)C2)OC1=O. The summed E-state index contributed by atoms with van der Waals surface area (Å²) in [4.78, 5) is 28.1. The third kappa shape index (κ3) is 2.98. The standard InChI is InChI=1S/C20H20N2O4/c1-21-13-20(26-19(21)24)11-12-22(14-20)18(23)16-9-5-6-10-17(16)25-15-7-3-2-4-8-15/h2-10H,11-14H2,1H3. The van der Waals surface area contributed by atoms with Crippen molar-refractivity contribution in [2.75, 3.05) is 26.7 Å². The zero-order valence-corrected chi connectivity index (χ0v) is 14.6. The molecule has 1 spiro atoms. The second-order valence-electron chi connectivity index (χ2n) is 6.80. The monoisotopic (exact) mass is 352 g/mol. The number of hydrogen-bond donors (Lipinski definition) is 0. The minimum Gasteiger partial charge on any atom is -0.457 e. The third-order valence-corrected chi connectivity index (χ3v) is 4.83. The summed E-state index contributed by atoms with van der Waals surface area (Å²) in [5.74, 6) is 1.08. The molecule has 2 aromatic rings. The van der Waals surface area contributed by atoms with Gasteiger partial charge in [0.25, 0.3) is 5.91 Å². The van der Waals surface area contributed by atoms with Crippen molar-refractivity contribution >= 4 is 12.0 Å². The number of nitrogens with zero attached hydrogens (tertiary/aromatic N) is 2. The molecule has 134 valence electrons. The zero-order valence-electron chi connectivity index (χ0n) is 14.6.